The van der Waals surface area contributed by atoms with E-state index in [1.54, 1.807) is 18.9 Å². The quantitative estimate of drug-likeness (QED) is 0.156. The van der Waals surface area contributed by atoms with Crippen molar-refractivity contribution in [2.45, 2.75) is 112 Å². The molecule has 0 saturated heterocycles. The van der Waals surface area contributed by atoms with Crippen molar-refractivity contribution in [1.82, 2.24) is 0 Å². The molecule has 0 N–H and O–H groups in total. The van der Waals surface area contributed by atoms with Crippen LogP contribution in [0.1, 0.15) is 97.5 Å². The molecule has 0 nitrogen and oxygen atoms in total. The summed E-state index contributed by atoms with van der Waals surface area (Å²) in [6, 6.07) is 2.68. The summed E-state index contributed by atoms with van der Waals surface area (Å²) in [4.78, 5) is 0. The fourth-order valence-corrected chi connectivity index (χ4v) is 26.1. The van der Waals surface area contributed by atoms with Crippen molar-refractivity contribution >= 4 is 48.5 Å². The van der Waals surface area contributed by atoms with E-state index in [-0.39, 0.29) is 0 Å². The molecule has 0 saturated carbocycles. The van der Waals surface area contributed by atoms with Gasteiger partial charge in [-0.15, -0.1) is 0 Å². The predicted molar refractivity (Wildman–Crippen MR) is 124 cm³/mol. The van der Waals surface area contributed by atoms with Gasteiger partial charge < -0.3 is 0 Å². The molecule has 0 radical (unpaired) electrons. The summed E-state index contributed by atoms with van der Waals surface area (Å²) in [5.41, 5.74) is 1.63. The normalized spacial score (nSPS) is 12.0. The number of thiophene rings is 1. The monoisotopic (exact) mass is 536 g/mol. The molecule has 1 heterocycles. The molecule has 1 aromatic rings. The van der Waals surface area contributed by atoms with Crippen molar-refractivity contribution in [3.05, 3.63) is 15.4 Å². The second-order valence-electron chi connectivity index (χ2n) is 7.81. The van der Waals surface area contributed by atoms with Crippen LogP contribution in [0.25, 0.3) is 0 Å². The van der Waals surface area contributed by atoms with Gasteiger partial charge in [0.25, 0.3) is 0 Å². The van der Waals surface area contributed by atoms with Gasteiger partial charge in [0.1, 0.15) is 0 Å². The zero-order valence-corrected chi connectivity index (χ0v) is 22.5. The summed E-state index contributed by atoms with van der Waals surface area (Å²) >= 11 is 3.87. The molecule has 0 aliphatic heterocycles. The van der Waals surface area contributed by atoms with E-state index in [1.165, 1.54) is 74.4 Å². The molecule has 0 bridgehead atoms. The van der Waals surface area contributed by atoms with Crippen LogP contribution in [-0.2, 0) is 6.42 Å². The number of hydrogen-bond acceptors (Lipinski definition) is 1. The Kier molecular flexibility index (Phi) is 13.5. The maximum atomic E-state index is 3.94. The second kappa shape index (κ2) is 14.0. The molecule has 0 aliphatic rings. The number of halogens is 1. The Bertz CT molecular complexity index is 433. The van der Waals surface area contributed by atoms with Crippen LogP contribution in [0.5, 0.6) is 0 Å². The van der Waals surface area contributed by atoms with Gasteiger partial charge in [0.15, 0.2) is 0 Å². The molecule has 0 fully saturated rings. The van der Waals surface area contributed by atoms with Crippen LogP contribution in [0.4, 0.5) is 0 Å². The third kappa shape index (κ3) is 8.25. The van der Waals surface area contributed by atoms with Crippen LogP contribution in [0.2, 0.25) is 13.3 Å². The van der Waals surface area contributed by atoms with Gasteiger partial charge in [0.2, 0.25) is 0 Å². The SMILES string of the molecule is CCCCCCc1c[c]([Sn]([CH2]CCC)([CH2]CCC)[CH2]CCC)sc1Br. The molecular weight excluding hydrogens is 495 g/mol. The summed E-state index contributed by atoms with van der Waals surface area (Å²) in [6.07, 6.45) is 15.3. The van der Waals surface area contributed by atoms with Gasteiger partial charge in [0.05, 0.1) is 0 Å². The van der Waals surface area contributed by atoms with Crippen molar-refractivity contribution < 1.29 is 0 Å². The molecule has 25 heavy (non-hydrogen) atoms. The number of hydrogen-bond donors (Lipinski definition) is 0. The van der Waals surface area contributed by atoms with Crippen molar-refractivity contribution in [3.63, 3.8) is 0 Å². The minimum atomic E-state index is -2.21. The third-order valence-electron chi connectivity index (χ3n) is 5.61. The average Bonchev–Trinajstić information content (AvgIpc) is 3.00. The Morgan fingerprint density at radius 2 is 1.28 bits per heavy atom. The zero-order valence-electron chi connectivity index (χ0n) is 17.3. The molecule has 1 rings (SSSR count). The molecular formula is C22H41BrSSn. The number of rotatable bonds is 15. The van der Waals surface area contributed by atoms with Crippen LogP contribution in [0, 0.1) is 0 Å². The van der Waals surface area contributed by atoms with E-state index in [9.17, 15) is 0 Å². The zero-order chi connectivity index (χ0) is 18.5. The fourth-order valence-electron chi connectivity index (χ4n) is 3.87. The van der Waals surface area contributed by atoms with Gasteiger partial charge >= 0.3 is 176 Å². The van der Waals surface area contributed by atoms with Crippen LogP contribution in [0.15, 0.2) is 9.85 Å². The predicted octanol–water partition coefficient (Wildman–Crippen LogP) is 8.69. The molecule has 146 valence electrons. The van der Waals surface area contributed by atoms with E-state index in [4.69, 9.17) is 0 Å². The Hall–Kier alpha value is 0.979. The summed E-state index contributed by atoms with van der Waals surface area (Å²) < 4.78 is 8.13. The first-order valence-electron chi connectivity index (χ1n) is 10.9. The van der Waals surface area contributed by atoms with Gasteiger partial charge in [0, 0.05) is 0 Å². The molecule has 0 spiro atoms. The van der Waals surface area contributed by atoms with Crippen LogP contribution in [-0.4, -0.2) is 18.4 Å². The standard InChI is InChI=1S/C10H14BrS.3C4H9.Sn/c1-2-3-4-5-6-9-7-8-12-10(9)11;3*1-3-4-2;/h7H,2-6H2,1H3;3*1,3-4H2,2H3;. The third-order valence-corrected chi connectivity index (χ3v) is 25.8. The van der Waals surface area contributed by atoms with Crippen molar-refractivity contribution in [3.8, 4) is 0 Å². The van der Waals surface area contributed by atoms with Crippen LogP contribution >= 0.6 is 27.3 Å². The first-order chi connectivity index (χ1) is 12.1. The van der Waals surface area contributed by atoms with Gasteiger partial charge in [-0.25, -0.2) is 0 Å². The van der Waals surface area contributed by atoms with Crippen molar-refractivity contribution in [2.24, 2.45) is 0 Å². The first kappa shape index (κ1) is 24.0. The molecule has 0 unspecified atom stereocenters. The molecule has 1 aromatic heterocycles. The van der Waals surface area contributed by atoms with Crippen LogP contribution in [0.3, 0.4) is 0 Å². The van der Waals surface area contributed by atoms with Gasteiger partial charge in [-0.3, -0.25) is 0 Å². The molecule has 0 aliphatic carbocycles. The Morgan fingerprint density at radius 1 is 0.760 bits per heavy atom. The molecule has 3 heteroatoms. The molecule has 0 amide bonds. The summed E-state index contributed by atoms with van der Waals surface area (Å²) in [7, 11) is 0. The van der Waals surface area contributed by atoms with Gasteiger partial charge in [-0.05, 0) is 0 Å². The topological polar surface area (TPSA) is 0 Å². The first-order valence-corrected chi connectivity index (χ1v) is 20.0. The van der Waals surface area contributed by atoms with Gasteiger partial charge in [-0.2, -0.15) is 0 Å². The second-order valence-corrected chi connectivity index (χ2v) is 24.3. The minimum absolute atomic E-state index is 1.29. The van der Waals surface area contributed by atoms with Crippen LogP contribution < -0.4 is 2.89 Å². The Morgan fingerprint density at radius 3 is 1.76 bits per heavy atom. The summed E-state index contributed by atoms with van der Waals surface area (Å²) in [5, 5.41) is 0. The van der Waals surface area contributed by atoms with E-state index in [2.05, 4.69) is 61.0 Å². The summed E-state index contributed by atoms with van der Waals surface area (Å²) in [6.45, 7) is 9.43. The molecule has 0 atom stereocenters. The van der Waals surface area contributed by atoms with Crippen molar-refractivity contribution in [2.75, 3.05) is 0 Å². The molecule has 0 aromatic carbocycles. The average molecular weight is 536 g/mol. The Labute approximate surface area is 174 Å². The maximum absolute atomic E-state index is 3.94. The fraction of sp³-hybridized carbons (Fsp3) is 0.818. The Balaban J connectivity index is 2.97. The van der Waals surface area contributed by atoms with E-state index in [0.29, 0.717) is 0 Å². The summed E-state index contributed by atoms with van der Waals surface area (Å²) in [5.74, 6) is 0. The van der Waals surface area contributed by atoms with Gasteiger partial charge in [-0.1, -0.05) is 0 Å². The van der Waals surface area contributed by atoms with E-state index < -0.39 is 18.4 Å². The number of aryl methyl sites for hydroxylation is 1. The van der Waals surface area contributed by atoms with Crippen molar-refractivity contribution in [1.29, 1.82) is 0 Å². The van der Waals surface area contributed by atoms with E-state index >= 15 is 0 Å². The number of unbranched alkanes of at least 4 members (excludes halogenated alkanes) is 6. The van der Waals surface area contributed by atoms with E-state index in [0.717, 1.165) is 0 Å². The van der Waals surface area contributed by atoms with E-state index in [1.807, 2.05) is 2.89 Å².